The summed E-state index contributed by atoms with van der Waals surface area (Å²) in [7, 11) is 0. The molecule has 0 rings (SSSR count). The highest BCUT2D eigenvalue weighted by Gasteiger charge is 2.17. The van der Waals surface area contributed by atoms with Crippen molar-refractivity contribution in [2.45, 2.75) is 212 Å². The number of hydrogen-bond acceptors (Lipinski definition) is 3. The maximum absolute atomic E-state index is 12.3. The van der Waals surface area contributed by atoms with E-state index >= 15 is 0 Å². The Balaban J connectivity index is 3.63. The molecule has 254 valence electrons. The maximum atomic E-state index is 12.3. The van der Waals surface area contributed by atoms with E-state index in [1.807, 2.05) is 6.08 Å². The SMILES string of the molecule is CCCCCCCCCCC/C=C/CC/C=C/C(O)C(CO)NC(=O)CCCCCCCCCCCCCCCCCC. The molecule has 0 bridgehead atoms. The Labute approximate surface area is 269 Å². The van der Waals surface area contributed by atoms with Crippen LogP contribution in [-0.2, 0) is 4.79 Å². The van der Waals surface area contributed by atoms with E-state index < -0.39 is 12.1 Å². The van der Waals surface area contributed by atoms with E-state index in [0.29, 0.717) is 6.42 Å². The van der Waals surface area contributed by atoms with Crippen LogP contribution in [0.15, 0.2) is 24.3 Å². The van der Waals surface area contributed by atoms with Gasteiger partial charge in [-0.1, -0.05) is 186 Å². The highest BCUT2D eigenvalue weighted by atomic mass is 16.3. The van der Waals surface area contributed by atoms with Gasteiger partial charge in [-0.15, -0.1) is 0 Å². The monoisotopic (exact) mass is 606 g/mol. The molecule has 4 nitrogen and oxygen atoms in total. The van der Waals surface area contributed by atoms with Crippen LogP contribution in [0.2, 0.25) is 0 Å². The first-order valence-electron chi connectivity index (χ1n) is 19.1. The number of rotatable bonds is 34. The van der Waals surface area contributed by atoms with Gasteiger partial charge in [-0.3, -0.25) is 4.79 Å². The summed E-state index contributed by atoms with van der Waals surface area (Å²) in [5.41, 5.74) is 0. The van der Waals surface area contributed by atoms with Crippen molar-refractivity contribution in [3.05, 3.63) is 24.3 Å². The lowest BCUT2D eigenvalue weighted by Gasteiger charge is -2.19. The molecule has 0 aromatic rings. The molecule has 2 unspecified atom stereocenters. The Kier molecular flexibility index (Phi) is 34.4. The average Bonchev–Trinajstić information content (AvgIpc) is 3.01. The number of aliphatic hydroxyl groups excluding tert-OH is 2. The molecule has 0 fully saturated rings. The number of hydrogen-bond donors (Lipinski definition) is 3. The van der Waals surface area contributed by atoms with E-state index in [2.05, 4.69) is 31.3 Å². The number of carbonyl (C=O) groups excluding carboxylic acids is 1. The van der Waals surface area contributed by atoms with Crippen LogP contribution in [0.4, 0.5) is 0 Å². The predicted octanol–water partition coefficient (Wildman–Crippen LogP) is 11.3. The summed E-state index contributed by atoms with van der Waals surface area (Å²) in [5, 5.41) is 22.9. The third-order valence-electron chi connectivity index (χ3n) is 8.69. The molecular weight excluding hydrogens is 530 g/mol. The number of nitrogens with one attached hydrogen (secondary N) is 1. The Morgan fingerprint density at radius 1 is 0.535 bits per heavy atom. The van der Waals surface area contributed by atoms with Crippen LogP contribution in [0.5, 0.6) is 0 Å². The topological polar surface area (TPSA) is 69.6 Å². The average molecular weight is 606 g/mol. The lowest BCUT2D eigenvalue weighted by molar-refractivity contribution is -0.123. The standard InChI is InChI=1S/C39H75NO3/c1-3-5-7-9-11-13-15-17-19-21-23-25-27-29-31-33-35-39(43)40-37(36-41)38(42)34-32-30-28-26-24-22-20-18-16-14-12-10-8-6-4-2/h24,26,32,34,37-38,41-42H,3-23,25,27-31,33,35-36H2,1-2H3,(H,40,43)/b26-24+,34-32+. The van der Waals surface area contributed by atoms with Crippen LogP contribution in [0.3, 0.4) is 0 Å². The van der Waals surface area contributed by atoms with Crippen LogP contribution in [-0.4, -0.2) is 34.9 Å². The first kappa shape index (κ1) is 41.9. The van der Waals surface area contributed by atoms with Gasteiger partial charge in [0, 0.05) is 6.42 Å². The molecule has 0 aliphatic heterocycles. The number of unbranched alkanes of at least 4 members (excludes halogenated alkanes) is 25. The molecule has 0 heterocycles. The lowest BCUT2D eigenvalue weighted by atomic mass is 10.0. The summed E-state index contributed by atoms with van der Waals surface area (Å²) < 4.78 is 0. The Hall–Kier alpha value is -1.13. The van der Waals surface area contributed by atoms with Crippen molar-refractivity contribution in [3.63, 3.8) is 0 Å². The van der Waals surface area contributed by atoms with Gasteiger partial charge in [-0.2, -0.15) is 0 Å². The molecule has 0 aromatic carbocycles. The second kappa shape index (κ2) is 35.4. The van der Waals surface area contributed by atoms with Gasteiger partial charge in [0.25, 0.3) is 0 Å². The van der Waals surface area contributed by atoms with E-state index in [0.717, 1.165) is 32.1 Å². The second-order valence-corrected chi connectivity index (χ2v) is 13.0. The number of amides is 1. The fourth-order valence-electron chi connectivity index (χ4n) is 5.72. The Morgan fingerprint density at radius 2 is 0.907 bits per heavy atom. The van der Waals surface area contributed by atoms with Crippen molar-refractivity contribution in [1.29, 1.82) is 0 Å². The summed E-state index contributed by atoms with van der Waals surface area (Å²) in [6.45, 7) is 4.29. The molecule has 1 amide bonds. The molecule has 0 saturated heterocycles. The third-order valence-corrected chi connectivity index (χ3v) is 8.69. The number of carbonyl (C=O) groups is 1. The van der Waals surface area contributed by atoms with Gasteiger partial charge in [0.05, 0.1) is 18.8 Å². The van der Waals surface area contributed by atoms with Gasteiger partial charge in [-0.25, -0.2) is 0 Å². The molecular formula is C39H75NO3. The van der Waals surface area contributed by atoms with Gasteiger partial charge in [-0.05, 0) is 32.1 Å². The van der Waals surface area contributed by atoms with E-state index in [9.17, 15) is 15.0 Å². The van der Waals surface area contributed by atoms with Crippen molar-refractivity contribution < 1.29 is 15.0 Å². The van der Waals surface area contributed by atoms with Gasteiger partial charge in [0.1, 0.15) is 0 Å². The summed E-state index contributed by atoms with van der Waals surface area (Å²) >= 11 is 0. The van der Waals surface area contributed by atoms with Crippen LogP contribution >= 0.6 is 0 Å². The van der Waals surface area contributed by atoms with Crippen LogP contribution in [0.1, 0.15) is 200 Å². The van der Waals surface area contributed by atoms with Crippen molar-refractivity contribution >= 4 is 5.91 Å². The van der Waals surface area contributed by atoms with Crippen molar-refractivity contribution in [1.82, 2.24) is 5.32 Å². The molecule has 3 N–H and O–H groups in total. The minimum Gasteiger partial charge on any atom is -0.394 e. The fraction of sp³-hybridized carbons (Fsp3) is 0.872. The first-order chi connectivity index (χ1) is 21.2. The zero-order valence-electron chi connectivity index (χ0n) is 29.0. The van der Waals surface area contributed by atoms with Gasteiger partial charge < -0.3 is 15.5 Å². The Morgan fingerprint density at radius 3 is 1.35 bits per heavy atom. The summed E-state index contributed by atoms with van der Waals surface area (Å²) in [6.07, 6.45) is 44.1. The molecule has 2 atom stereocenters. The number of allylic oxidation sites excluding steroid dienone is 3. The molecule has 0 aromatic heterocycles. The number of aliphatic hydroxyl groups is 2. The fourth-order valence-corrected chi connectivity index (χ4v) is 5.72. The van der Waals surface area contributed by atoms with Gasteiger partial charge in [0.2, 0.25) is 5.91 Å². The predicted molar refractivity (Wildman–Crippen MR) is 189 cm³/mol. The highest BCUT2D eigenvalue weighted by Crippen LogP contribution is 2.14. The molecule has 0 spiro atoms. The summed E-state index contributed by atoms with van der Waals surface area (Å²) in [4.78, 5) is 12.3. The molecule has 4 heteroatoms. The van der Waals surface area contributed by atoms with Crippen molar-refractivity contribution in [2.75, 3.05) is 6.61 Å². The molecule has 0 aliphatic rings. The first-order valence-corrected chi connectivity index (χ1v) is 19.1. The minimum atomic E-state index is -0.856. The van der Waals surface area contributed by atoms with E-state index in [1.165, 1.54) is 148 Å². The van der Waals surface area contributed by atoms with E-state index in [1.54, 1.807) is 6.08 Å². The maximum Gasteiger partial charge on any atom is 0.220 e. The second-order valence-electron chi connectivity index (χ2n) is 13.0. The zero-order valence-corrected chi connectivity index (χ0v) is 29.0. The van der Waals surface area contributed by atoms with Gasteiger partial charge >= 0.3 is 0 Å². The quantitative estimate of drug-likeness (QED) is 0.0505. The Bertz CT molecular complexity index is 618. The molecule has 43 heavy (non-hydrogen) atoms. The third kappa shape index (κ3) is 32.1. The van der Waals surface area contributed by atoms with E-state index in [-0.39, 0.29) is 12.5 Å². The summed E-state index contributed by atoms with van der Waals surface area (Å²) in [5.74, 6) is -0.0729. The smallest absolute Gasteiger partial charge is 0.220 e. The van der Waals surface area contributed by atoms with E-state index in [4.69, 9.17) is 0 Å². The lowest BCUT2D eigenvalue weighted by Crippen LogP contribution is -2.45. The van der Waals surface area contributed by atoms with Crippen molar-refractivity contribution in [2.24, 2.45) is 0 Å². The van der Waals surface area contributed by atoms with Crippen LogP contribution < -0.4 is 5.32 Å². The highest BCUT2D eigenvalue weighted by molar-refractivity contribution is 5.76. The van der Waals surface area contributed by atoms with Gasteiger partial charge in [0.15, 0.2) is 0 Å². The van der Waals surface area contributed by atoms with Crippen LogP contribution in [0, 0.1) is 0 Å². The molecule has 0 aliphatic carbocycles. The summed E-state index contributed by atoms with van der Waals surface area (Å²) in [6, 6.07) is -0.632. The largest absolute Gasteiger partial charge is 0.394 e. The normalized spacial score (nSPS) is 13.3. The van der Waals surface area contributed by atoms with Crippen LogP contribution in [0.25, 0.3) is 0 Å². The minimum absolute atomic E-state index is 0.0729. The molecule has 0 saturated carbocycles. The zero-order chi connectivity index (χ0) is 31.5. The van der Waals surface area contributed by atoms with Crippen molar-refractivity contribution in [3.8, 4) is 0 Å². The molecule has 0 radical (unpaired) electrons.